The van der Waals surface area contributed by atoms with Crippen LogP contribution in [0.15, 0.2) is 12.1 Å². The van der Waals surface area contributed by atoms with Crippen molar-refractivity contribution in [1.82, 2.24) is 5.32 Å². The molecule has 0 aliphatic carbocycles. The van der Waals surface area contributed by atoms with Gasteiger partial charge >= 0.3 is 0 Å². The molecular weight excluding hydrogens is 302 g/mol. The van der Waals surface area contributed by atoms with Crippen LogP contribution in [0.2, 0.25) is 0 Å². The van der Waals surface area contributed by atoms with Crippen molar-refractivity contribution in [2.75, 3.05) is 26.8 Å². The lowest BCUT2D eigenvalue weighted by molar-refractivity contribution is -0.385. The van der Waals surface area contributed by atoms with Crippen LogP contribution in [0.25, 0.3) is 0 Å². The molecule has 0 saturated heterocycles. The fraction of sp³-hybridized carbons (Fsp3) is 0.533. The number of nitro benzene ring substituents is 1. The number of ether oxygens (including phenoxy) is 2. The molecule has 1 rings (SSSR count). The largest absolute Gasteiger partial charge is 0.493 e. The Morgan fingerprint density at radius 1 is 1.39 bits per heavy atom. The van der Waals surface area contributed by atoms with Gasteiger partial charge < -0.3 is 20.5 Å². The minimum Gasteiger partial charge on any atom is -0.493 e. The normalized spacial score (nSPS) is 10.2. The molecule has 0 fully saturated rings. The van der Waals surface area contributed by atoms with Gasteiger partial charge in [0, 0.05) is 25.1 Å². The molecule has 0 heterocycles. The van der Waals surface area contributed by atoms with E-state index in [0.717, 1.165) is 0 Å². The first kappa shape index (κ1) is 18.7. The van der Waals surface area contributed by atoms with E-state index in [2.05, 4.69) is 5.32 Å². The Morgan fingerprint density at radius 3 is 2.70 bits per heavy atom. The molecule has 8 nitrogen and oxygen atoms in total. The molecule has 0 aliphatic heterocycles. The first-order chi connectivity index (χ1) is 11.0. The number of benzene rings is 1. The molecule has 3 N–H and O–H groups in total. The topological polar surface area (TPSA) is 117 Å². The molecule has 0 aliphatic rings. The third-order valence-corrected chi connectivity index (χ3v) is 3.21. The van der Waals surface area contributed by atoms with E-state index in [4.69, 9.17) is 15.2 Å². The van der Waals surface area contributed by atoms with Crippen LogP contribution in [-0.4, -0.2) is 37.6 Å². The lowest BCUT2D eigenvalue weighted by Gasteiger charge is -2.12. The summed E-state index contributed by atoms with van der Waals surface area (Å²) in [7, 11) is 1.48. The fourth-order valence-electron chi connectivity index (χ4n) is 2.03. The summed E-state index contributed by atoms with van der Waals surface area (Å²) in [5.41, 5.74) is 5.88. The van der Waals surface area contributed by atoms with Gasteiger partial charge in [0.1, 0.15) is 0 Å². The number of aryl methyl sites for hydroxylation is 1. The van der Waals surface area contributed by atoms with Gasteiger partial charge in [-0.25, -0.2) is 0 Å². The number of nitrogens with zero attached hydrogens (tertiary/aromatic N) is 1. The van der Waals surface area contributed by atoms with Crippen molar-refractivity contribution in [3.8, 4) is 11.5 Å². The molecule has 23 heavy (non-hydrogen) atoms. The van der Waals surface area contributed by atoms with Gasteiger partial charge in [-0.05, 0) is 18.9 Å². The zero-order valence-electron chi connectivity index (χ0n) is 13.5. The number of hydrogen-bond acceptors (Lipinski definition) is 6. The number of methoxy groups -OCH3 is 1. The van der Waals surface area contributed by atoms with Crippen molar-refractivity contribution in [3.05, 3.63) is 27.8 Å². The average Bonchev–Trinajstić information content (AvgIpc) is 2.55. The Morgan fingerprint density at radius 2 is 2.13 bits per heavy atom. The Bertz CT molecular complexity index is 548. The molecule has 1 aromatic carbocycles. The first-order valence-corrected chi connectivity index (χ1v) is 7.48. The number of rotatable bonds is 10. The van der Waals surface area contributed by atoms with Crippen LogP contribution < -0.4 is 20.5 Å². The van der Waals surface area contributed by atoms with Crippen LogP contribution in [0.1, 0.15) is 25.3 Å². The van der Waals surface area contributed by atoms with E-state index in [9.17, 15) is 14.9 Å². The molecule has 0 atom stereocenters. The highest BCUT2D eigenvalue weighted by Gasteiger charge is 2.18. The minimum atomic E-state index is -0.439. The van der Waals surface area contributed by atoms with E-state index in [1.54, 1.807) is 6.07 Å². The van der Waals surface area contributed by atoms with E-state index in [-0.39, 0.29) is 18.2 Å². The Balaban J connectivity index is 2.67. The molecule has 0 bridgehead atoms. The Hall–Kier alpha value is -2.35. The highest BCUT2D eigenvalue weighted by atomic mass is 16.6. The van der Waals surface area contributed by atoms with Gasteiger partial charge in [-0.15, -0.1) is 0 Å². The van der Waals surface area contributed by atoms with Crippen LogP contribution in [0, 0.1) is 10.1 Å². The predicted molar refractivity (Wildman–Crippen MR) is 85.8 cm³/mol. The van der Waals surface area contributed by atoms with Crippen LogP contribution >= 0.6 is 0 Å². The molecule has 128 valence electrons. The summed E-state index contributed by atoms with van der Waals surface area (Å²) >= 11 is 0. The second-order valence-electron chi connectivity index (χ2n) is 4.83. The number of amides is 1. The monoisotopic (exact) mass is 325 g/mol. The zero-order valence-corrected chi connectivity index (χ0v) is 13.5. The molecule has 0 unspecified atom stereocenters. The van der Waals surface area contributed by atoms with Crippen molar-refractivity contribution in [1.29, 1.82) is 0 Å². The summed E-state index contributed by atoms with van der Waals surface area (Å²) in [6.45, 7) is 2.93. The SMILES string of the molecule is CCc1cc(OC)c(OCCCC(=O)NCCN)cc1[N+](=O)[O-]. The first-order valence-electron chi connectivity index (χ1n) is 7.48. The zero-order chi connectivity index (χ0) is 17.2. The maximum Gasteiger partial charge on any atom is 0.276 e. The van der Waals surface area contributed by atoms with E-state index < -0.39 is 4.92 Å². The van der Waals surface area contributed by atoms with Crippen LogP contribution in [0.5, 0.6) is 11.5 Å². The quantitative estimate of drug-likeness (QED) is 0.381. The maximum absolute atomic E-state index is 11.4. The summed E-state index contributed by atoms with van der Waals surface area (Å²) in [5.74, 6) is 0.650. The van der Waals surface area contributed by atoms with Gasteiger partial charge in [0.05, 0.1) is 24.7 Å². The van der Waals surface area contributed by atoms with Crippen molar-refractivity contribution in [2.45, 2.75) is 26.2 Å². The summed E-state index contributed by atoms with van der Waals surface area (Å²) < 4.78 is 10.8. The molecule has 1 aromatic rings. The fourth-order valence-corrected chi connectivity index (χ4v) is 2.03. The van der Waals surface area contributed by atoms with E-state index in [1.807, 2.05) is 6.92 Å². The molecule has 0 spiro atoms. The van der Waals surface area contributed by atoms with E-state index >= 15 is 0 Å². The second-order valence-corrected chi connectivity index (χ2v) is 4.83. The van der Waals surface area contributed by atoms with E-state index in [0.29, 0.717) is 49.4 Å². The average molecular weight is 325 g/mol. The number of carbonyl (C=O) groups excluding carboxylic acids is 1. The lowest BCUT2D eigenvalue weighted by Crippen LogP contribution is -2.29. The van der Waals surface area contributed by atoms with Gasteiger partial charge in [-0.2, -0.15) is 0 Å². The third-order valence-electron chi connectivity index (χ3n) is 3.21. The third kappa shape index (κ3) is 5.74. The molecule has 0 radical (unpaired) electrons. The number of carbonyl (C=O) groups is 1. The highest BCUT2D eigenvalue weighted by molar-refractivity contribution is 5.75. The summed E-state index contributed by atoms with van der Waals surface area (Å²) in [5, 5.41) is 13.8. The van der Waals surface area contributed by atoms with Crippen molar-refractivity contribution < 1.29 is 19.2 Å². The lowest BCUT2D eigenvalue weighted by atomic mass is 10.1. The van der Waals surface area contributed by atoms with Gasteiger partial charge in [-0.1, -0.05) is 6.92 Å². The van der Waals surface area contributed by atoms with Crippen molar-refractivity contribution in [3.63, 3.8) is 0 Å². The molecule has 0 saturated carbocycles. The molecular formula is C15H23N3O5. The smallest absolute Gasteiger partial charge is 0.276 e. The Kier molecular flexibility index (Phi) is 7.82. The highest BCUT2D eigenvalue weighted by Crippen LogP contribution is 2.35. The molecule has 1 amide bonds. The van der Waals surface area contributed by atoms with Crippen molar-refractivity contribution in [2.24, 2.45) is 5.73 Å². The summed E-state index contributed by atoms with van der Waals surface area (Å²) in [4.78, 5) is 22.1. The Labute approximate surface area is 135 Å². The minimum absolute atomic E-state index is 0.00369. The summed E-state index contributed by atoms with van der Waals surface area (Å²) in [6.07, 6.45) is 1.31. The van der Waals surface area contributed by atoms with Crippen molar-refractivity contribution >= 4 is 11.6 Å². The standard InChI is InChI=1S/C15H23N3O5/c1-3-11-9-13(22-2)14(10-12(11)18(20)21)23-8-4-5-15(19)17-7-6-16/h9-10H,3-8,16H2,1-2H3,(H,17,19). The van der Waals surface area contributed by atoms with Gasteiger partial charge in [0.2, 0.25) is 5.91 Å². The molecule has 8 heteroatoms. The van der Waals surface area contributed by atoms with Gasteiger partial charge in [0.25, 0.3) is 5.69 Å². The number of hydrogen-bond donors (Lipinski definition) is 2. The van der Waals surface area contributed by atoms with Crippen LogP contribution in [0.4, 0.5) is 5.69 Å². The second kappa shape index (κ2) is 9.62. The predicted octanol–water partition coefficient (Wildman–Crippen LogP) is 1.40. The summed E-state index contributed by atoms with van der Waals surface area (Å²) in [6, 6.07) is 2.98. The number of nitro groups is 1. The number of nitrogens with one attached hydrogen (secondary N) is 1. The molecule has 0 aromatic heterocycles. The van der Waals surface area contributed by atoms with E-state index in [1.165, 1.54) is 13.2 Å². The van der Waals surface area contributed by atoms with Gasteiger partial charge in [0.15, 0.2) is 11.5 Å². The van der Waals surface area contributed by atoms with Crippen LogP contribution in [0.3, 0.4) is 0 Å². The van der Waals surface area contributed by atoms with Crippen LogP contribution in [-0.2, 0) is 11.2 Å². The van der Waals surface area contributed by atoms with Gasteiger partial charge in [-0.3, -0.25) is 14.9 Å². The number of nitrogens with two attached hydrogens (primary N) is 1. The maximum atomic E-state index is 11.4.